The standard InChI is InChI=1S/C33H36ClF2N3O7/c1-32(2,3)46-31(41)39-18-33(19-9-5-4-6-10-19)16-20-23(45-33)15-22(35)27(34)25(20)26-21(29(37)40)17-38-30(28(26)36)44-14-13-43-24-11-7-8-12-42-24/h4-6,9-10,15,17,24H,7-8,11-14,16,18H2,1-3H3,(H2,37,40)(H,39,41). The van der Waals surface area contributed by atoms with Crippen LogP contribution < -0.4 is 20.5 Å². The SMILES string of the molecule is CC(C)(C)OC(=O)NCC1(c2ccccc2)Cc2c(cc(F)c(Cl)c2-c2c(C(N)=O)cnc(OCCOC3CCCCO3)c2F)O1. The van der Waals surface area contributed by atoms with E-state index in [0.717, 1.165) is 31.5 Å². The molecule has 0 bridgehead atoms. The molecule has 10 nitrogen and oxygen atoms in total. The van der Waals surface area contributed by atoms with Gasteiger partial charge in [0.2, 0.25) is 0 Å². The van der Waals surface area contributed by atoms with Gasteiger partial charge in [-0.1, -0.05) is 41.9 Å². The van der Waals surface area contributed by atoms with E-state index in [1.54, 1.807) is 45.0 Å². The van der Waals surface area contributed by atoms with Crippen LogP contribution in [0.4, 0.5) is 13.6 Å². The van der Waals surface area contributed by atoms with Gasteiger partial charge in [-0.3, -0.25) is 4.79 Å². The molecule has 46 heavy (non-hydrogen) atoms. The predicted octanol–water partition coefficient (Wildman–Crippen LogP) is 6.06. The molecule has 3 heterocycles. The number of benzene rings is 2. The van der Waals surface area contributed by atoms with Crippen LogP contribution in [0, 0.1) is 11.6 Å². The molecule has 2 unspecified atom stereocenters. The van der Waals surface area contributed by atoms with Crippen molar-refractivity contribution in [3.63, 3.8) is 0 Å². The van der Waals surface area contributed by atoms with Crippen LogP contribution in [0.25, 0.3) is 11.1 Å². The van der Waals surface area contributed by atoms with Gasteiger partial charge in [-0.05, 0) is 45.6 Å². The molecule has 246 valence electrons. The minimum absolute atomic E-state index is 0.00284. The van der Waals surface area contributed by atoms with Gasteiger partial charge >= 0.3 is 6.09 Å². The molecule has 2 aliphatic heterocycles. The van der Waals surface area contributed by atoms with Crippen LogP contribution in [-0.4, -0.2) is 55.2 Å². The van der Waals surface area contributed by atoms with Gasteiger partial charge in [-0.15, -0.1) is 0 Å². The third kappa shape index (κ3) is 7.35. The Morgan fingerprint density at radius 3 is 2.59 bits per heavy atom. The van der Waals surface area contributed by atoms with Gasteiger partial charge in [0.15, 0.2) is 17.7 Å². The number of nitrogens with one attached hydrogen (secondary N) is 1. The van der Waals surface area contributed by atoms with Crippen LogP contribution in [0.2, 0.25) is 5.02 Å². The summed E-state index contributed by atoms with van der Waals surface area (Å²) in [5.41, 5.74) is 3.66. The molecule has 3 aromatic rings. The number of rotatable bonds is 10. The van der Waals surface area contributed by atoms with Crippen molar-refractivity contribution in [1.29, 1.82) is 0 Å². The zero-order valence-electron chi connectivity index (χ0n) is 25.8. The van der Waals surface area contributed by atoms with E-state index in [1.807, 2.05) is 6.07 Å². The molecular weight excluding hydrogens is 624 g/mol. The monoisotopic (exact) mass is 659 g/mol. The highest BCUT2D eigenvalue weighted by Crippen LogP contribution is 2.50. The van der Waals surface area contributed by atoms with Gasteiger partial charge in [-0.25, -0.2) is 18.6 Å². The average Bonchev–Trinajstić information content (AvgIpc) is 3.39. The van der Waals surface area contributed by atoms with E-state index in [9.17, 15) is 9.59 Å². The summed E-state index contributed by atoms with van der Waals surface area (Å²) < 4.78 is 60.3. The normalized spacial score (nSPS) is 19.2. The van der Waals surface area contributed by atoms with Crippen molar-refractivity contribution in [2.24, 2.45) is 5.73 Å². The Kier molecular flexibility index (Phi) is 9.99. The van der Waals surface area contributed by atoms with Crippen molar-refractivity contribution in [1.82, 2.24) is 10.3 Å². The summed E-state index contributed by atoms with van der Waals surface area (Å²) in [6, 6.07) is 10.0. The van der Waals surface area contributed by atoms with Gasteiger partial charge < -0.3 is 34.7 Å². The van der Waals surface area contributed by atoms with E-state index in [0.29, 0.717) is 12.2 Å². The van der Waals surface area contributed by atoms with Gasteiger partial charge in [0.25, 0.3) is 11.8 Å². The first-order valence-corrected chi connectivity index (χ1v) is 15.3. The number of fused-ring (bicyclic) bond motifs is 1. The molecule has 0 radical (unpaired) electrons. The summed E-state index contributed by atoms with van der Waals surface area (Å²) in [5, 5.41) is 2.28. The molecule has 2 atom stereocenters. The van der Waals surface area contributed by atoms with E-state index in [1.165, 1.54) is 0 Å². The van der Waals surface area contributed by atoms with E-state index >= 15 is 8.78 Å². The molecule has 1 fully saturated rings. The Bertz CT molecular complexity index is 1600. The Labute approximate surface area is 270 Å². The van der Waals surface area contributed by atoms with Crippen LogP contribution in [0.1, 0.15) is 61.5 Å². The first-order chi connectivity index (χ1) is 21.9. The fourth-order valence-electron chi connectivity index (χ4n) is 5.49. The Hall–Kier alpha value is -4.00. The van der Waals surface area contributed by atoms with Crippen molar-refractivity contribution in [2.75, 3.05) is 26.4 Å². The topological polar surface area (TPSA) is 131 Å². The van der Waals surface area contributed by atoms with Gasteiger partial charge in [0.05, 0.1) is 23.7 Å². The molecule has 13 heteroatoms. The largest absolute Gasteiger partial charge is 0.480 e. The number of pyridine rings is 1. The summed E-state index contributed by atoms with van der Waals surface area (Å²) in [6.45, 7) is 5.71. The first-order valence-electron chi connectivity index (χ1n) is 15.0. The summed E-state index contributed by atoms with van der Waals surface area (Å²) in [6.07, 6.45) is 2.68. The number of carbonyl (C=O) groups excluding carboxylic acids is 2. The van der Waals surface area contributed by atoms with E-state index < -0.39 is 45.7 Å². The maximum atomic E-state index is 16.3. The summed E-state index contributed by atoms with van der Waals surface area (Å²) in [5.74, 6) is -3.41. The fraction of sp³-hybridized carbons (Fsp3) is 0.424. The molecule has 0 saturated carbocycles. The Morgan fingerprint density at radius 1 is 1.15 bits per heavy atom. The second-order valence-corrected chi connectivity index (χ2v) is 12.4. The maximum absolute atomic E-state index is 16.3. The van der Waals surface area contributed by atoms with Crippen LogP contribution >= 0.6 is 11.6 Å². The minimum atomic E-state index is -1.28. The third-order valence-electron chi connectivity index (χ3n) is 7.54. The Morgan fingerprint density at radius 2 is 1.91 bits per heavy atom. The number of hydrogen-bond donors (Lipinski definition) is 2. The van der Waals surface area contributed by atoms with Gasteiger partial charge in [-0.2, -0.15) is 0 Å². The average molecular weight is 660 g/mol. The molecule has 1 aromatic heterocycles. The highest BCUT2D eigenvalue weighted by Gasteiger charge is 2.45. The fourth-order valence-corrected chi connectivity index (χ4v) is 5.76. The molecule has 2 aromatic carbocycles. The number of alkyl carbamates (subject to hydrolysis) is 1. The van der Waals surface area contributed by atoms with Crippen molar-refractivity contribution >= 4 is 23.6 Å². The molecule has 2 aliphatic rings. The molecular formula is C33H36ClF2N3O7. The smallest absolute Gasteiger partial charge is 0.407 e. The summed E-state index contributed by atoms with van der Waals surface area (Å²) in [4.78, 5) is 29.1. The second kappa shape index (κ2) is 13.8. The number of nitrogens with zero attached hydrogens (tertiary/aromatic N) is 1. The predicted molar refractivity (Wildman–Crippen MR) is 165 cm³/mol. The van der Waals surface area contributed by atoms with E-state index in [4.69, 9.17) is 41.0 Å². The van der Waals surface area contributed by atoms with Crippen molar-refractivity contribution in [3.05, 3.63) is 75.9 Å². The highest BCUT2D eigenvalue weighted by atomic mass is 35.5. The first kappa shape index (κ1) is 33.4. The van der Waals surface area contributed by atoms with Crippen LogP contribution in [0.15, 0.2) is 42.6 Å². The van der Waals surface area contributed by atoms with E-state index in [2.05, 4.69) is 10.3 Å². The quantitative estimate of drug-likeness (QED) is 0.251. The van der Waals surface area contributed by atoms with Crippen molar-refractivity contribution in [3.8, 4) is 22.8 Å². The van der Waals surface area contributed by atoms with Crippen molar-refractivity contribution < 1.29 is 42.1 Å². The number of ether oxygens (including phenoxy) is 5. The number of halogens is 3. The lowest BCUT2D eigenvalue weighted by Crippen LogP contribution is -2.45. The number of aromatic nitrogens is 1. The lowest BCUT2D eigenvalue weighted by molar-refractivity contribution is -0.165. The molecule has 5 rings (SSSR count). The molecule has 2 amide bonds. The number of nitrogens with two attached hydrogens (primary N) is 1. The molecule has 3 N–H and O–H groups in total. The Balaban J connectivity index is 1.51. The lowest BCUT2D eigenvalue weighted by atomic mass is 9.85. The highest BCUT2D eigenvalue weighted by molar-refractivity contribution is 6.34. The summed E-state index contributed by atoms with van der Waals surface area (Å²) >= 11 is 6.53. The minimum Gasteiger partial charge on any atom is -0.480 e. The third-order valence-corrected chi connectivity index (χ3v) is 7.91. The second-order valence-electron chi connectivity index (χ2n) is 12.1. The van der Waals surface area contributed by atoms with Crippen LogP contribution in [-0.2, 0) is 26.2 Å². The number of carbonyl (C=O) groups is 2. The van der Waals surface area contributed by atoms with Crippen molar-refractivity contribution in [2.45, 2.75) is 63.9 Å². The lowest BCUT2D eigenvalue weighted by Gasteiger charge is -2.30. The zero-order valence-corrected chi connectivity index (χ0v) is 26.5. The summed E-state index contributed by atoms with van der Waals surface area (Å²) in [7, 11) is 0. The van der Waals surface area contributed by atoms with Crippen LogP contribution in [0.5, 0.6) is 11.6 Å². The van der Waals surface area contributed by atoms with Crippen LogP contribution in [0.3, 0.4) is 0 Å². The number of hydrogen-bond acceptors (Lipinski definition) is 8. The molecule has 0 aliphatic carbocycles. The number of amides is 2. The van der Waals surface area contributed by atoms with Gasteiger partial charge in [0, 0.05) is 42.0 Å². The number of primary amides is 1. The molecule has 1 saturated heterocycles. The van der Waals surface area contributed by atoms with Gasteiger partial charge in [0.1, 0.15) is 23.8 Å². The van der Waals surface area contributed by atoms with E-state index in [-0.39, 0.29) is 60.5 Å². The zero-order chi connectivity index (χ0) is 33.1. The molecule has 0 spiro atoms. The maximum Gasteiger partial charge on any atom is 0.407 e.